The van der Waals surface area contributed by atoms with E-state index in [1.54, 1.807) is 7.11 Å². The smallest absolute Gasteiger partial charge is 0.235 e. The molecule has 4 nitrogen and oxygen atoms in total. The molecule has 0 fully saturated rings. The van der Waals surface area contributed by atoms with Crippen LogP contribution in [0.4, 0.5) is 0 Å². The summed E-state index contributed by atoms with van der Waals surface area (Å²) >= 11 is 0. The third-order valence-electron chi connectivity index (χ3n) is 6.80. The van der Waals surface area contributed by atoms with Gasteiger partial charge in [0.15, 0.2) is 0 Å². The molecule has 0 atom stereocenters. The van der Waals surface area contributed by atoms with Gasteiger partial charge in [-0.25, -0.2) is 0 Å². The molecule has 0 unspecified atom stereocenters. The first-order chi connectivity index (χ1) is 18.7. The van der Waals surface area contributed by atoms with E-state index in [-0.39, 0.29) is 11.8 Å². The molecular weight excluding hydrogens is 468 g/mol. The zero-order valence-corrected chi connectivity index (χ0v) is 21.6. The van der Waals surface area contributed by atoms with Gasteiger partial charge in [0.1, 0.15) is 5.75 Å². The molecule has 5 aromatic rings. The molecule has 0 saturated heterocycles. The first kappa shape index (κ1) is 25.1. The lowest BCUT2D eigenvalue weighted by atomic mass is 9.89. The summed E-state index contributed by atoms with van der Waals surface area (Å²) in [6.45, 7) is 1.73. The fourth-order valence-corrected chi connectivity index (χ4v) is 4.88. The summed E-state index contributed by atoms with van der Waals surface area (Å²) in [6.07, 6.45) is 2.08. The molecule has 190 valence electrons. The molecule has 4 heteroatoms. The van der Waals surface area contributed by atoms with Crippen LogP contribution in [0.2, 0.25) is 0 Å². The minimum absolute atomic E-state index is 0.0837. The molecule has 0 aliphatic rings. The number of methoxy groups -OCH3 is 1. The maximum Gasteiger partial charge on any atom is 0.235 e. The van der Waals surface area contributed by atoms with Gasteiger partial charge in [-0.15, -0.1) is 0 Å². The average molecular weight is 501 g/mol. The van der Waals surface area contributed by atoms with Crippen molar-refractivity contribution in [3.05, 3.63) is 162 Å². The number of carbonyl (C=O) groups excluding carboxylic acids is 1. The number of carbonyl (C=O) groups is 1. The standard InChI is InChI=1S/C34H32N2O2/c1-38-32-21-11-15-28(23-32)25-35-22-12-20-31(35)26-36(24-27-13-5-2-6-14-27)34(37)33(29-16-7-3-8-17-29)30-18-9-4-10-19-30/h2-23,33H,24-26H2,1H3. The molecule has 1 amide bonds. The Hall–Kier alpha value is -4.57. The third-order valence-corrected chi connectivity index (χ3v) is 6.80. The predicted octanol–water partition coefficient (Wildman–Crippen LogP) is 6.91. The lowest BCUT2D eigenvalue weighted by Crippen LogP contribution is -2.35. The van der Waals surface area contributed by atoms with Crippen LogP contribution in [0.5, 0.6) is 5.75 Å². The molecule has 4 aromatic carbocycles. The second-order valence-corrected chi connectivity index (χ2v) is 9.41. The summed E-state index contributed by atoms with van der Waals surface area (Å²) in [5, 5.41) is 0. The zero-order chi connectivity index (χ0) is 26.2. The monoisotopic (exact) mass is 500 g/mol. The Morgan fingerprint density at radius 2 is 1.32 bits per heavy atom. The summed E-state index contributed by atoms with van der Waals surface area (Å²) in [5.74, 6) is 0.536. The Balaban J connectivity index is 1.48. The molecule has 0 aliphatic carbocycles. The number of hydrogen-bond acceptors (Lipinski definition) is 2. The first-order valence-corrected chi connectivity index (χ1v) is 12.9. The maximum absolute atomic E-state index is 14.4. The van der Waals surface area contributed by atoms with Crippen LogP contribution in [0, 0.1) is 0 Å². The summed E-state index contributed by atoms with van der Waals surface area (Å²) in [7, 11) is 1.68. The fraction of sp³-hybridized carbons (Fsp3) is 0.147. The third kappa shape index (κ3) is 6.04. The van der Waals surface area contributed by atoms with Crippen molar-refractivity contribution in [3.8, 4) is 5.75 Å². The van der Waals surface area contributed by atoms with Crippen molar-refractivity contribution in [1.29, 1.82) is 0 Å². The second kappa shape index (κ2) is 12.1. The van der Waals surface area contributed by atoms with Gasteiger partial charge in [-0.1, -0.05) is 103 Å². The highest BCUT2D eigenvalue weighted by Gasteiger charge is 2.28. The molecule has 1 heterocycles. The minimum Gasteiger partial charge on any atom is -0.497 e. The molecule has 0 radical (unpaired) electrons. The molecule has 0 bridgehead atoms. The van der Waals surface area contributed by atoms with Gasteiger partial charge in [0, 0.05) is 25.0 Å². The summed E-state index contributed by atoms with van der Waals surface area (Å²) < 4.78 is 7.62. The van der Waals surface area contributed by atoms with E-state index in [1.807, 2.05) is 102 Å². The van der Waals surface area contributed by atoms with Gasteiger partial charge in [-0.2, -0.15) is 0 Å². The van der Waals surface area contributed by atoms with E-state index in [4.69, 9.17) is 4.74 Å². The van der Waals surface area contributed by atoms with Crippen molar-refractivity contribution in [3.63, 3.8) is 0 Å². The molecule has 38 heavy (non-hydrogen) atoms. The Morgan fingerprint density at radius 3 is 1.95 bits per heavy atom. The molecular formula is C34H32N2O2. The van der Waals surface area contributed by atoms with Gasteiger partial charge in [-0.3, -0.25) is 4.79 Å². The van der Waals surface area contributed by atoms with E-state index in [1.165, 1.54) is 0 Å². The van der Waals surface area contributed by atoms with Gasteiger partial charge in [0.05, 0.1) is 19.6 Å². The SMILES string of the molecule is COc1cccc(Cn2cccc2CN(Cc2ccccc2)C(=O)C(c2ccccc2)c2ccccc2)c1. The predicted molar refractivity (Wildman–Crippen MR) is 152 cm³/mol. The Bertz CT molecular complexity index is 1410. The van der Waals surface area contributed by atoms with E-state index >= 15 is 0 Å². The number of ether oxygens (including phenoxy) is 1. The van der Waals surface area contributed by atoms with Gasteiger partial charge in [0.2, 0.25) is 5.91 Å². The van der Waals surface area contributed by atoms with Crippen LogP contribution < -0.4 is 4.74 Å². The van der Waals surface area contributed by atoms with Crippen LogP contribution in [0.1, 0.15) is 33.9 Å². The van der Waals surface area contributed by atoms with Crippen molar-refractivity contribution >= 4 is 5.91 Å². The fourth-order valence-electron chi connectivity index (χ4n) is 4.88. The minimum atomic E-state index is -0.386. The Kier molecular flexibility index (Phi) is 8.00. The number of nitrogens with zero attached hydrogens (tertiary/aromatic N) is 2. The van der Waals surface area contributed by atoms with Crippen molar-refractivity contribution in [1.82, 2.24) is 9.47 Å². The van der Waals surface area contributed by atoms with Crippen LogP contribution in [0.15, 0.2) is 134 Å². The quantitative estimate of drug-likeness (QED) is 0.209. The van der Waals surface area contributed by atoms with Crippen LogP contribution in [-0.4, -0.2) is 22.5 Å². The summed E-state index contributed by atoms with van der Waals surface area (Å²) in [5.41, 5.74) is 5.32. The molecule has 5 rings (SSSR count). The van der Waals surface area contributed by atoms with Crippen molar-refractivity contribution in [2.75, 3.05) is 7.11 Å². The van der Waals surface area contributed by atoms with Crippen molar-refractivity contribution in [2.45, 2.75) is 25.6 Å². The van der Waals surface area contributed by atoms with Crippen LogP contribution in [0.25, 0.3) is 0 Å². The highest BCUT2D eigenvalue weighted by atomic mass is 16.5. The Labute approximate surface area is 224 Å². The molecule has 0 N–H and O–H groups in total. The van der Waals surface area contributed by atoms with Crippen molar-refractivity contribution < 1.29 is 9.53 Å². The second-order valence-electron chi connectivity index (χ2n) is 9.41. The largest absolute Gasteiger partial charge is 0.497 e. The van der Waals surface area contributed by atoms with Gasteiger partial charge < -0.3 is 14.2 Å². The van der Waals surface area contributed by atoms with E-state index < -0.39 is 0 Å². The van der Waals surface area contributed by atoms with E-state index in [0.717, 1.165) is 33.7 Å². The normalized spacial score (nSPS) is 10.9. The zero-order valence-electron chi connectivity index (χ0n) is 21.6. The highest BCUT2D eigenvalue weighted by molar-refractivity contribution is 5.87. The topological polar surface area (TPSA) is 34.5 Å². The van der Waals surface area contributed by atoms with E-state index in [0.29, 0.717) is 19.6 Å². The molecule has 1 aromatic heterocycles. The van der Waals surface area contributed by atoms with Gasteiger partial charge in [0.25, 0.3) is 0 Å². The van der Waals surface area contributed by atoms with Crippen molar-refractivity contribution in [2.24, 2.45) is 0 Å². The number of rotatable bonds is 10. The number of aromatic nitrogens is 1. The van der Waals surface area contributed by atoms with Gasteiger partial charge in [-0.05, 0) is 46.5 Å². The lowest BCUT2D eigenvalue weighted by molar-refractivity contribution is -0.133. The Morgan fingerprint density at radius 1 is 0.711 bits per heavy atom. The number of benzene rings is 4. The molecule has 0 spiro atoms. The first-order valence-electron chi connectivity index (χ1n) is 12.9. The summed E-state index contributed by atoms with van der Waals surface area (Å²) in [6, 6.07) is 42.6. The van der Waals surface area contributed by atoms with Gasteiger partial charge >= 0.3 is 0 Å². The average Bonchev–Trinajstić information content (AvgIpc) is 3.40. The van der Waals surface area contributed by atoms with E-state index in [9.17, 15) is 4.79 Å². The number of hydrogen-bond donors (Lipinski definition) is 0. The highest BCUT2D eigenvalue weighted by Crippen LogP contribution is 2.29. The van der Waals surface area contributed by atoms with E-state index in [2.05, 4.69) is 41.1 Å². The molecule has 0 aliphatic heterocycles. The van der Waals surface area contributed by atoms with Crippen LogP contribution >= 0.6 is 0 Å². The van der Waals surface area contributed by atoms with Crippen LogP contribution in [0.3, 0.4) is 0 Å². The lowest BCUT2D eigenvalue weighted by Gasteiger charge is -2.29. The van der Waals surface area contributed by atoms with Crippen LogP contribution in [-0.2, 0) is 24.4 Å². The molecule has 0 saturated carbocycles. The maximum atomic E-state index is 14.4. The summed E-state index contributed by atoms with van der Waals surface area (Å²) in [4.78, 5) is 16.4. The number of amides is 1.